The molecule has 2 rings (SSSR count). The van der Waals surface area contributed by atoms with Crippen molar-refractivity contribution in [3.63, 3.8) is 0 Å². The Morgan fingerprint density at radius 2 is 1.86 bits per heavy atom. The first-order valence-electron chi connectivity index (χ1n) is 7.89. The molecule has 0 radical (unpaired) electrons. The lowest BCUT2D eigenvalue weighted by Gasteiger charge is -2.14. The molecule has 2 aromatic heterocycles. The zero-order valence-corrected chi connectivity index (χ0v) is 13.0. The van der Waals surface area contributed by atoms with Crippen molar-refractivity contribution < 1.29 is 13.2 Å². The van der Waals surface area contributed by atoms with Crippen LogP contribution in [0.3, 0.4) is 0 Å². The van der Waals surface area contributed by atoms with Crippen LogP contribution in [0, 0.1) is 0 Å². The monoisotopic (exact) mass is 313 g/mol. The molecule has 3 nitrogen and oxygen atoms in total. The molecule has 0 spiro atoms. The third kappa shape index (κ3) is 3.78. The second-order valence-electron chi connectivity index (χ2n) is 5.68. The second kappa shape index (κ2) is 7.11. The first kappa shape index (κ1) is 16.8. The largest absolute Gasteiger partial charge is 0.416 e. The number of fused-ring (bicyclic) bond motifs is 1. The van der Waals surface area contributed by atoms with Gasteiger partial charge < -0.3 is 0 Å². The Morgan fingerprint density at radius 1 is 1.09 bits per heavy atom. The summed E-state index contributed by atoms with van der Waals surface area (Å²) < 4.78 is 39.9. The van der Waals surface area contributed by atoms with E-state index >= 15 is 0 Å². The minimum absolute atomic E-state index is 0.253. The molecule has 0 bridgehead atoms. The molecule has 2 aromatic rings. The van der Waals surface area contributed by atoms with Crippen molar-refractivity contribution in [1.29, 1.82) is 0 Å². The van der Waals surface area contributed by atoms with Crippen LogP contribution in [0.15, 0.2) is 18.3 Å². The van der Waals surface area contributed by atoms with Crippen molar-refractivity contribution in [2.45, 2.75) is 64.5 Å². The van der Waals surface area contributed by atoms with Crippen molar-refractivity contribution in [2.24, 2.45) is 0 Å². The van der Waals surface area contributed by atoms with Gasteiger partial charge in [-0.3, -0.25) is 4.40 Å². The average molecular weight is 313 g/mol. The van der Waals surface area contributed by atoms with Crippen molar-refractivity contribution in [2.75, 3.05) is 0 Å². The summed E-state index contributed by atoms with van der Waals surface area (Å²) in [5, 5.41) is 8.10. The fraction of sp³-hybridized carbons (Fsp3) is 0.625. The van der Waals surface area contributed by atoms with Crippen LogP contribution in [0.4, 0.5) is 13.2 Å². The van der Waals surface area contributed by atoms with E-state index in [0.717, 1.165) is 56.5 Å². The van der Waals surface area contributed by atoms with Gasteiger partial charge in [0, 0.05) is 12.1 Å². The molecule has 0 aliphatic carbocycles. The van der Waals surface area contributed by atoms with Crippen molar-refractivity contribution in [3.05, 3.63) is 29.7 Å². The fourth-order valence-corrected chi connectivity index (χ4v) is 2.76. The van der Waals surface area contributed by atoms with E-state index in [2.05, 4.69) is 24.0 Å². The van der Waals surface area contributed by atoms with Crippen LogP contribution in [0.2, 0.25) is 0 Å². The van der Waals surface area contributed by atoms with Gasteiger partial charge in [0.2, 0.25) is 0 Å². The average Bonchev–Trinajstić information content (AvgIpc) is 2.88. The Kier molecular flexibility index (Phi) is 5.42. The maximum absolute atomic E-state index is 12.7. The van der Waals surface area contributed by atoms with Gasteiger partial charge in [-0.15, -0.1) is 10.2 Å². The summed E-state index contributed by atoms with van der Waals surface area (Å²) in [4.78, 5) is 0. The first-order valence-corrected chi connectivity index (χ1v) is 7.89. The minimum Gasteiger partial charge on any atom is -0.286 e. The van der Waals surface area contributed by atoms with Gasteiger partial charge in [-0.05, 0) is 25.0 Å². The van der Waals surface area contributed by atoms with Gasteiger partial charge in [-0.1, -0.05) is 39.5 Å². The number of halogens is 3. The molecular weight excluding hydrogens is 291 g/mol. The molecule has 1 atom stereocenters. The molecule has 1 unspecified atom stereocenters. The van der Waals surface area contributed by atoms with Crippen LogP contribution in [0.5, 0.6) is 0 Å². The van der Waals surface area contributed by atoms with E-state index < -0.39 is 11.7 Å². The molecular formula is C16H22F3N3. The molecule has 0 aromatic carbocycles. The maximum Gasteiger partial charge on any atom is 0.416 e. The molecule has 122 valence electrons. The predicted molar refractivity (Wildman–Crippen MR) is 79.8 cm³/mol. The van der Waals surface area contributed by atoms with E-state index in [4.69, 9.17) is 0 Å². The van der Waals surface area contributed by atoms with Gasteiger partial charge in [0.1, 0.15) is 5.82 Å². The standard InChI is InChI=1S/C16H22F3N3/c1-3-5-6-8-12(7-4-2)15-21-20-14-11-13(16(17,18)19)9-10-22(14)15/h9-12H,3-8H2,1-2H3. The zero-order valence-electron chi connectivity index (χ0n) is 13.0. The van der Waals surface area contributed by atoms with Crippen LogP contribution < -0.4 is 0 Å². The van der Waals surface area contributed by atoms with Crippen molar-refractivity contribution in [1.82, 2.24) is 14.6 Å². The van der Waals surface area contributed by atoms with E-state index in [1.807, 2.05) is 0 Å². The van der Waals surface area contributed by atoms with Crippen LogP contribution in [-0.2, 0) is 6.18 Å². The topological polar surface area (TPSA) is 30.2 Å². The highest BCUT2D eigenvalue weighted by Crippen LogP contribution is 2.31. The molecule has 22 heavy (non-hydrogen) atoms. The lowest BCUT2D eigenvalue weighted by Crippen LogP contribution is -2.07. The normalized spacial score (nSPS) is 13.7. The van der Waals surface area contributed by atoms with Crippen molar-refractivity contribution in [3.8, 4) is 0 Å². The van der Waals surface area contributed by atoms with Gasteiger partial charge in [0.15, 0.2) is 5.65 Å². The van der Waals surface area contributed by atoms with Crippen LogP contribution >= 0.6 is 0 Å². The van der Waals surface area contributed by atoms with Gasteiger partial charge in [0.25, 0.3) is 0 Å². The number of aromatic nitrogens is 3. The number of hydrogen-bond acceptors (Lipinski definition) is 2. The van der Waals surface area contributed by atoms with Crippen LogP contribution in [0.25, 0.3) is 5.65 Å². The molecule has 0 aliphatic rings. The third-order valence-corrected chi connectivity index (χ3v) is 3.92. The summed E-state index contributed by atoms with van der Waals surface area (Å²) in [6.07, 6.45) is 3.51. The summed E-state index contributed by atoms with van der Waals surface area (Å²) in [5.41, 5.74) is -0.418. The predicted octanol–water partition coefficient (Wildman–Crippen LogP) is 5.21. The van der Waals surface area contributed by atoms with Crippen LogP contribution in [-0.4, -0.2) is 14.6 Å². The molecule has 0 saturated heterocycles. The van der Waals surface area contributed by atoms with Crippen LogP contribution in [0.1, 0.15) is 69.7 Å². The maximum atomic E-state index is 12.7. The SMILES string of the molecule is CCCCCC(CCC)c1nnc2cc(C(F)(F)F)ccn12. The summed E-state index contributed by atoms with van der Waals surface area (Å²) in [5.74, 6) is 1.03. The summed E-state index contributed by atoms with van der Waals surface area (Å²) in [7, 11) is 0. The number of nitrogens with zero attached hydrogens (tertiary/aromatic N) is 3. The molecule has 0 saturated carbocycles. The third-order valence-electron chi connectivity index (χ3n) is 3.92. The van der Waals surface area contributed by atoms with Gasteiger partial charge in [-0.25, -0.2) is 0 Å². The number of unbranched alkanes of at least 4 members (excludes halogenated alkanes) is 2. The number of rotatable bonds is 7. The number of alkyl halides is 3. The summed E-state index contributed by atoms with van der Waals surface area (Å²) in [6.45, 7) is 4.26. The smallest absolute Gasteiger partial charge is 0.286 e. The summed E-state index contributed by atoms with van der Waals surface area (Å²) >= 11 is 0. The summed E-state index contributed by atoms with van der Waals surface area (Å²) in [6, 6.07) is 2.15. The zero-order chi connectivity index (χ0) is 16.2. The van der Waals surface area contributed by atoms with E-state index in [9.17, 15) is 13.2 Å². The quantitative estimate of drug-likeness (QED) is 0.657. The molecule has 6 heteroatoms. The van der Waals surface area contributed by atoms with E-state index in [-0.39, 0.29) is 11.6 Å². The number of hydrogen-bond donors (Lipinski definition) is 0. The van der Waals surface area contributed by atoms with Gasteiger partial charge in [0.05, 0.1) is 5.56 Å². The Hall–Kier alpha value is -1.59. The minimum atomic E-state index is -4.35. The van der Waals surface area contributed by atoms with Gasteiger partial charge >= 0.3 is 6.18 Å². The molecule has 0 amide bonds. The van der Waals surface area contributed by atoms with Crippen molar-refractivity contribution >= 4 is 5.65 Å². The first-order chi connectivity index (χ1) is 10.5. The Labute approximate surface area is 128 Å². The molecule has 0 fully saturated rings. The highest BCUT2D eigenvalue weighted by Gasteiger charge is 2.31. The van der Waals surface area contributed by atoms with E-state index in [1.54, 1.807) is 4.40 Å². The highest BCUT2D eigenvalue weighted by molar-refractivity contribution is 5.42. The van der Waals surface area contributed by atoms with E-state index in [1.165, 1.54) is 6.20 Å². The number of pyridine rings is 1. The fourth-order valence-electron chi connectivity index (χ4n) is 2.76. The Bertz CT molecular complexity index is 604. The lowest BCUT2D eigenvalue weighted by atomic mass is 9.95. The second-order valence-corrected chi connectivity index (χ2v) is 5.68. The lowest BCUT2D eigenvalue weighted by molar-refractivity contribution is -0.137. The molecule has 0 N–H and O–H groups in total. The van der Waals surface area contributed by atoms with E-state index in [0.29, 0.717) is 0 Å². The highest BCUT2D eigenvalue weighted by atomic mass is 19.4. The molecule has 2 heterocycles. The Morgan fingerprint density at radius 3 is 2.50 bits per heavy atom. The molecule has 0 aliphatic heterocycles. The Balaban J connectivity index is 2.29. The van der Waals surface area contributed by atoms with Gasteiger partial charge in [-0.2, -0.15) is 13.2 Å².